The average molecular weight is 270 g/mol. The first kappa shape index (κ1) is 15.6. The zero-order valence-corrected chi connectivity index (χ0v) is 11.2. The van der Waals surface area contributed by atoms with Crippen molar-refractivity contribution < 1.29 is 13.6 Å². The Morgan fingerprint density at radius 1 is 1.32 bits per heavy atom. The minimum atomic E-state index is -0.597. The van der Waals surface area contributed by atoms with Gasteiger partial charge >= 0.3 is 0 Å². The van der Waals surface area contributed by atoms with Crippen LogP contribution in [0.5, 0.6) is 0 Å². The van der Waals surface area contributed by atoms with Gasteiger partial charge in [0, 0.05) is 12.1 Å². The molecule has 0 saturated heterocycles. The smallest absolute Gasteiger partial charge is 0.236 e. The van der Waals surface area contributed by atoms with E-state index in [2.05, 4.69) is 5.32 Å². The van der Waals surface area contributed by atoms with Crippen LogP contribution in [0.1, 0.15) is 25.8 Å². The Labute approximate surface area is 112 Å². The van der Waals surface area contributed by atoms with Crippen LogP contribution < -0.4 is 11.1 Å². The third-order valence-electron chi connectivity index (χ3n) is 2.80. The van der Waals surface area contributed by atoms with Crippen molar-refractivity contribution in [2.75, 3.05) is 6.54 Å². The van der Waals surface area contributed by atoms with Crippen LogP contribution in [0.3, 0.4) is 0 Å². The van der Waals surface area contributed by atoms with Crippen LogP contribution in [0.25, 0.3) is 0 Å². The number of halogens is 2. The highest BCUT2D eigenvalue weighted by atomic mass is 19.1. The maximum absolute atomic E-state index is 13.3. The van der Waals surface area contributed by atoms with Crippen LogP contribution in [0.15, 0.2) is 18.2 Å². The Hall–Kier alpha value is -1.49. The molecule has 1 aromatic rings. The summed E-state index contributed by atoms with van der Waals surface area (Å²) in [6, 6.07) is 3.13. The molecule has 0 bridgehead atoms. The first-order chi connectivity index (χ1) is 8.91. The summed E-state index contributed by atoms with van der Waals surface area (Å²) in [5.41, 5.74) is 5.68. The van der Waals surface area contributed by atoms with Gasteiger partial charge in [0.2, 0.25) is 5.91 Å². The third-order valence-corrected chi connectivity index (χ3v) is 2.80. The van der Waals surface area contributed by atoms with Gasteiger partial charge in [-0.05, 0) is 30.9 Å². The highest BCUT2D eigenvalue weighted by Crippen LogP contribution is 2.12. The van der Waals surface area contributed by atoms with Crippen molar-refractivity contribution in [2.45, 2.75) is 32.7 Å². The highest BCUT2D eigenvalue weighted by Gasteiger charge is 2.15. The maximum atomic E-state index is 13.3. The summed E-state index contributed by atoms with van der Waals surface area (Å²) >= 11 is 0. The molecule has 0 unspecified atom stereocenters. The van der Waals surface area contributed by atoms with Crippen molar-refractivity contribution in [3.05, 3.63) is 35.4 Å². The van der Waals surface area contributed by atoms with Crippen molar-refractivity contribution >= 4 is 5.91 Å². The molecule has 0 fully saturated rings. The summed E-state index contributed by atoms with van der Waals surface area (Å²) in [6.07, 6.45) is 0.693. The van der Waals surface area contributed by atoms with Crippen LogP contribution in [0.4, 0.5) is 8.78 Å². The van der Waals surface area contributed by atoms with E-state index in [1.54, 1.807) is 0 Å². The standard InChI is InChI=1S/C14H20F2N2O/c1-9(2)8-13(17)14(19)18-7-6-10-11(15)4-3-5-12(10)16/h3-5,9,13H,6-8,17H2,1-2H3,(H,18,19)/t13-/m0/s1. The van der Waals surface area contributed by atoms with Crippen molar-refractivity contribution in [3.63, 3.8) is 0 Å². The van der Waals surface area contributed by atoms with Gasteiger partial charge in [0.25, 0.3) is 0 Å². The molecule has 0 spiro atoms. The van der Waals surface area contributed by atoms with E-state index in [4.69, 9.17) is 5.73 Å². The summed E-state index contributed by atoms with van der Waals surface area (Å²) in [4.78, 5) is 11.6. The predicted octanol–water partition coefficient (Wildman–Crippen LogP) is 2.00. The Morgan fingerprint density at radius 3 is 2.42 bits per heavy atom. The molecule has 5 heteroatoms. The molecule has 0 radical (unpaired) electrons. The number of benzene rings is 1. The highest BCUT2D eigenvalue weighted by molar-refractivity contribution is 5.81. The number of carbonyl (C=O) groups is 1. The zero-order valence-electron chi connectivity index (χ0n) is 11.2. The van der Waals surface area contributed by atoms with Crippen LogP contribution in [-0.2, 0) is 11.2 Å². The SMILES string of the molecule is CC(C)C[C@H](N)C(=O)NCCc1c(F)cccc1F. The van der Waals surface area contributed by atoms with E-state index in [0.717, 1.165) is 0 Å². The van der Waals surface area contributed by atoms with E-state index >= 15 is 0 Å². The fourth-order valence-corrected chi connectivity index (χ4v) is 1.83. The van der Waals surface area contributed by atoms with E-state index in [-0.39, 0.29) is 24.4 Å². The molecule has 0 heterocycles. The molecule has 0 saturated carbocycles. The molecular formula is C14H20F2N2O. The minimum absolute atomic E-state index is 0.0137. The Morgan fingerprint density at radius 2 is 1.89 bits per heavy atom. The first-order valence-electron chi connectivity index (χ1n) is 6.38. The van der Waals surface area contributed by atoms with Gasteiger partial charge in [0.05, 0.1) is 6.04 Å². The molecule has 0 aliphatic carbocycles. The number of hydrogen-bond acceptors (Lipinski definition) is 2. The molecule has 3 N–H and O–H groups in total. The summed E-state index contributed by atoms with van der Waals surface area (Å²) in [7, 11) is 0. The lowest BCUT2D eigenvalue weighted by Gasteiger charge is -2.14. The monoisotopic (exact) mass is 270 g/mol. The number of rotatable bonds is 6. The van der Waals surface area contributed by atoms with E-state index in [9.17, 15) is 13.6 Å². The molecule has 106 valence electrons. The van der Waals surface area contributed by atoms with Gasteiger partial charge in [0.15, 0.2) is 0 Å². The van der Waals surface area contributed by atoms with Crippen molar-refractivity contribution in [1.82, 2.24) is 5.32 Å². The second kappa shape index (κ2) is 7.19. The molecule has 0 aliphatic heterocycles. The largest absolute Gasteiger partial charge is 0.354 e. The van der Waals surface area contributed by atoms with E-state index in [1.807, 2.05) is 13.8 Å². The molecule has 1 aromatic carbocycles. The molecule has 1 atom stereocenters. The van der Waals surface area contributed by atoms with Gasteiger partial charge in [-0.15, -0.1) is 0 Å². The summed E-state index contributed by atoms with van der Waals surface area (Å²) < 4.78 is 26.7. The van der Waals surface area contributed by atoms with Crippen LogP contribution in [0, 0.1) is 17.6 Å². The van der Waals surface area contributed by atoms with Crippen molar-refractivity contribution in [1.29, 1.82) is 0 Å². The van der Waals surface area contributed by atoms with Gasteiger partial charge in [0.1, 0.15) is 11.6 Å². The molecule has 0 aromatic heterocycles. The van der Waals surface area contributed by atoms with E-state index in [1.165, 1.54) is 18.2 Å². The number of nitrogens with one attached hydrogen (secondary N) is 1. The zero-order chi connectivity index (χ0) is 14.4. The summed E-state index contributed by atoms with van der Waals surface area (Å²) in [5, 5.41) is 2.59. The minimum Gasteiger partial charge on any atom is -0.354 e. The second-order valence-electron chi connectivity index (χ2n) is 4.98. The number of nitrogens with two attached hydrogens (primary N) is 1. The van der Waals surface area contributed by atoms with Gasteiger partial charge in [-0.1, -0.05) is 19.9 Å². The Balaban J connectivity index is 2.44. The lowest BCUT2D eigenvalue weighted by molar-refractivity contribution is -0.122. The number of amides is 1. The van der Waals surface area contributed by atoms with Crippen LogP contribution in [0.2, 0.25) is 0 Å². The average Bonchev–Trinajstić information content (AvgIpc) is 2.31. The maximum Gasteiger partial charge on any atom is 0.236 e. The Kier molecular flexibility index (Phi) is 5.89. The van der Waals surface area contributed by atoms with Gasteiger partial charge < -0.3 is 11.1 Å². The summed E-state index contributed by atoms with van der Waals surface area (Å²) in [5.74, 6) is -1.16. The third kappa shape index (κ3) is 4.95. The molecule has 1 rings (SSSR count). The fourth-order valence-electron chi connectivity index (χ4n) is 1.83. The van der Waals surface area contributed by atoms with Crippen LogP contribution >= 0.6 is 0 Å². The molecule has 3 nitrogen and oxygen atoms in total. The Bertz CT molecular complexity index is 415. The topological polar surface area (TPSA) is 55.1 Å². The number of carbonyl (C=O) groups excluding carboxylic acids is 1. The van der Waals surface area contributed by atoms with Crippen LogP contribution in [-0.4, -0.2) is 18.5 Å². The van der Waals surface area contributed by atoms with Gasteiger partial charge in [-0.3, -0.25) is 4.79 Å². The molecular weight excluding hydrogens is 250 g/mol. The van der Waals surface area contributed by atoms with Crippen molar-refractivity contribution in [3.8, 4) is 0 Å². The molecule has 0 aliphatic rings. The molecule has 1 amide bonds. The molecule has 19 heavy (non-hydrogen) atoms. The normalized spacial score (nSPS) is 12.5. The fraction of sp³-hybridized carbons (Fsp3) is 0.500. The van der Waals surface area contributed by atoms with Gasteiger partial charge in [-0.25, -0.2) is 8.78 Å². The first-order valence-corrected chi connectivity index (χ1v) is 6.38. The predicted molar refractivity (Wildman–Crippen MR) is 70.5 cm³/mol. The van der Waals surface area contributed by atoms with Crippen molar-refractivity contribution in [2.24, 2.45) is 11.7 Å². The quantitative estimate of drug-likeness (QED) is 0.830. The summed E-state index contributed by atoms with van der Waals surface area (Å²) in [6.45, 7) is 4.12. The lowest BCUT2D eigenvalue weighted by atomic mass is 10.0. The second-order valence-corrected chi connectivity index (χ2v) is 4.98. The van der Waals surface area contributed by atoms with E-state index < -0.39 is 17.7 Å². The van der Waals surface area contributed by atoms with Gasteiger partial charge in [-0.2, -0.15) is 0 Å². The van der Waals surface area contributed by atoms with E-state index in [0.29, 0.717) is 12.3 Å². The number of hydrogen-bond donors (Lipinski definition) is 2. The lowest BCUT2D eigenvalue weighted by Crippen LogP contribution is -2.42.